The van der Waals surface area contributed by atoms with Gasteiger partial charge in [-0.05, 0) is 13.8 Å². The van der Waals surface area contributed by atoms with Crippen molar-refractivity contribution in [1.82, 2.24) is 9.36 Å². The van der Waals surface area contributed by atoms with E-state index >= 15 is 0 Å². The van der Waals surface area contributed by atoms with Gasteiger partial charge < -0.3 is 11.1 Å². The Balaban J connectivity index is 2.56. The van der Waals surface area contributed by atoms with Gasteiger partial charge in [-0.1, -0.05) is 0 Å². The molecule has 0 unspecified atom stereocenters. The van der Waals surface area contributed by atoms with Crippen molar-refractivity contribution in [3.05, 3.63) is 6.33 Å². The van der Waals surface area contributed by atoms with Crippen LogP contribution in [-0.2, 0) is 4.79 Å². The highest BCUT2D eigenvalue weighted by atomic mass is 32.1. The van der Waals surface area contributed by atoms with Gasteiger partial charge in [0.2, 0.25) is 11.0 Å². The lowest BCUT2D eigenvalue weighted by molar-refractivity contribution is -0.118. The first-order chi connectivity index (χ1) is 5.99. The largest absolute Gasteiger partial charge is 0.370 e. The molecular formula is C7H12N4OS. The van der Waals surface area contributed by atoms with Crippen LogP contribution in [0.25, 0.3) is 0 Å². The molecule has 72 valence electrons. The van der Waals surface area contributed by atoms with Crippen molar-refractivity contribution < 1.29 is 4.79 Å². The molecule has 0 fully saturated rings. The standard InChI is InChI=1S/C7H12N4OS/c1-7(2,3-5(8)12)11-6-9-4-10-13-6/h4H,3H2,1-2H3,(H2,8,12)(H,9,10,11). The molecule has 0 saturated heterocycles. The van der Waals surface area contributed by atoms with Crippen LogP contribution >= 0.6 is 11.5 Å². The van der Waals surface area contributed by atoms with E-state index in [0.29, 0.717) is 5.13 Å². The molecule has 13 heavy (non-hydrogen) atoms. The molecule has 0 spiro atoms. The second kappa shape index (κ2) is 3.69. The monoisotopic (exact) mass is 200 g/mol. The van der Waals surface area contributed by atoms with E-state index in [2.05, 4.69) is 14.7 Å². The molecule has 0 bridgehead atoms. The van der Waals surface area contributed by atoms with Gasteiger partial charge in [0.25, 0.3) is 0 Å². The van der Waals surface area contributed by atoms with Crippen LogP contribution in [0.4, 0.5) is 5.13 Å². The maximum atomic E-state index is 10.7. The maximum absolute atomic E-state index is 10.7. The molecule has 0 aromatic carbocycles. The van der Waals surface area contributed by atoms with Crippen LogP contribution in [0, 0.1) is 0 Å². The molecule has 0 saturated carbocycles. The normalized spacial score (nSPS) is 11.2. The lowest BCUT2D eigenvalue weighted by atomic mass is 10.0. The maximum Gasteiger partial charge on any atom is 0.219 e. The van der Waals surface area contributed by atoms with Crippen LogP contribution in [0.5, 0.6) is 0 Å². The first-order valence-corrected chi connectivity index (χ1v) is 4.60. The number of anilines is 1. The molecule has 0 aliphatic carbocycles. The zero-order chi connectivity index (χ0) is 9.90. The van der Waals surface area contributed by atoms with E-state index < -0.39 is 0 Å². The number of nitrogens with one attached hydrogen (secondary N) is 1. The third-order valence-electron chi connectivity index (χ3n) is 1.42. The fraction of sp³-hybridized carbons (Fsp3) is 0.571. The fourth-order valence-corrected chi connectivity index (χ4v) is 1.61. The smallest absolute Gasteiger partial charge is 0.219 e. The summed E-state index contributed by atoms with van der Waals surface area (Å²) in [4.78, 5) is 14.6. The zero-order valence-corrected chi connectivity index (χ0v) is 8.39. The van der Waals surface area contributed by atoms with Crippen LogP contribution in [0.3, 0.4) is 0 Å². The summed E-state index contributed by atoms with van der Waals surface area (Å²) in [6.07, 6.45) is 1.74. The number of nitrogens with two attached hydrogens (primary N) is 1. The molecule has 6 heteroatoms. The van der Waals surface area contributed by atoms with E-state index in [1.807, 2.05) is 13.8 Å². The summed E-state index contributed by atoms with van der Waals surface area (Å²) < 4.78 is 3.84. The number of carbonyl (C=O) groups excluding carboxylic acids is 1. The Bertz CT molecular complexity index is 283. The van der Waals surface area contributed by atoms with Gasteiger partial charge in [0.05, 0.1) is 0 Å². The number of hydrogen-bond acceptors (Lipinski definition) is 5. The second-order valence-corrected chi connectivity index (χ2v) is 4.18. The molecule has 0 atom stereocenters. The van der Waals surface area contributed by atoms with Crippen molar-refractivity contribution in [3.63, 3.8) is 0 Å². The first kappa shape index (κ1) is 9.91. The lowest BCUT2D eigenvalue weighted by Crippen LogP contribution is -2.35. The van der Waals surface area contributed by atoms with Crippen LogP contribution in [0.2, 0.25) is 0 Å². The topological polar surface area (TPSA) is 80.9 Å². The zero-order valence-electron chi connectivity index (χ0n) is 7.57. The highest BCUT2D eigenvalue weighted by Crippen LogP contribution is 2.17. The Kier molecular flexibility index (Phi) is 2.82. The Morgan fingerprint density at radius 3 is 2.92 bits per heavy atom. The Hall–Kier alpha value is -1.17. The lowest BCUT2D eigenvalue weighted by Gasteiger charge is -2.23. The number of rotatable bonds is 4. The molecular weight excluding hydrogens is 188 g/mol. The average molecular weight is 200 g/mol. The van der Waals surface area contributed by atoms with E-state index in [0.717, 1.165) is 0 Å². The fourth-order valence-electron chi connectivity index (χ4n) is 0.997. The van der Waals surface area contributed by atoms with Crippen LogP contribution in [0.1, 0.15) is 20.3 Å². The van der Waals surface area contributed by atoms with E-state index in [9.17, 15) is 4.79 Å². The Labute approximate surface area is 80.5 Å². The Morgan fingerprint density at radius 2 is 2.46 bits per heavy atom. The number of amides is 1. The van der Waals surface area contributed by atoms with E-state index in [-0.39, 0.29) is 17.9 Å². The van der Waals surface area contributed by atoms with Gasteiger partial charge in [0.1, 0.15) is 6.33 Å². The van der Waals surface area contributed by atoms with Crippen molar-refractivity contribution >= 4 is 22.6 Å². The molecule has 1 heterocycles. The predicted octanol–water partition coefficient (Wildman–Crippen LogP) is 0.604. The minimum Gasteiger partial charge on any atom is -0.370 e. The summed E-state index contributed by atoms with van der Waals surface area (Å²) in [5, 5.41) is 3.77. The summed E-state index contributed by atoms with van der Waals surface area (Å²) in [5.41, 5.74) is 4.73. The molecule has 1 aromatic rings. The van der Waals surface area contributed by atoms with Crippen molar-refractivity contribution in [1.29, 1.82) is 0 Å². The van der Waals surface area contributed by atoms with Crippen molar-refractivity contribution in [3.8, 4) is 0 Å². The van der Waals surface area contributed by atoms with E-state index in [1.165, 1.54) is 17.9 Å². The average Bonchev–Trinajstić information content (AvgIpc) is 2.34. The van der Waals surface area contributed by atoms with Gasteiger partial charge in [-0.25, -0.2) is 4.98 Å². The molecule has 1 amide bonds. The number of primary amides is 1. The van der Waals surface area contributed by atoms with Gasteiger partial charge in [-0.15, -0.1) is 0 Å². The number of aromatic nitrogens is 2. The van der Waals surface area contributed by atoms with Crippen LogP contribution < -0.4 is 11.1 Å². The molecule has 0 aliphatic heterocycles. The van der Waals surface area contributed by atoms with Crippen LogP contribution in [-0.4, -0.2) is 20.8 Å². The van der Waals surface area contributed by atoms with E-state index in [4.69, 9.17) is 5.73 Å². The van der Waals surface area contributed by atoms with Gasteiger partial charge in [-0.2, -0.15) is 4.37 Å². The third kappa shape index (κ3) is 3.37. The molecule has 3 N–H and O–H groups in total. The van der Waals surface area contributed by atoms with E-state index in [1.54, 1.807) is 0 Å². The molecule has 0 radical (unpaired) electrons. The summed E-state index contributed by atoms with van der Waals surface area (Å²) in [6, 6.07) is 0. The summed E-state index contributed by atoms with van der Waals surface area (Å²) >= 11 is 1.25. The van der Waals surface area contributed by atoms with Crippen molar-refractivity contribution in [2.24, 2.45) is 5.73 Å². The molecule has 0 aliphatic rings. The highest BCUT2D eigenvalue weighted by molar-refractivity contribution is 7.09. The number of carbonyl (C=O) groups is 1. The van der Waals surface area contributed by atoms with Gasteiger partial charge >= 0.3 is 0 Å². The second-order valence-electron chi connectivity index (χ2n) is 3.40. The minimum absolute atomic E-state index is 0.270. The number of hydrogen-bond donors (Lipinski definition) is 2. The summed E-state index contributed by atoms with van der Waals surface area (Å²) in [6.45, 7) is 3.78. The summed E-state index contributed by atoms with van der Waals surface area (Å²) in [5.74, 6) is -0.331. The SMILES string of the molecule is CC(C)(CC(N)=O)Nc1ncns1. The summed E-state index contributed by atoms with van der Waals surface area (Å²) in [7, 11) is 0. The highest BCUT2D eigenvalue weighted by Gasteiger charge is 2.21. The van der Waals surface area contributed by atoms with Gasteiger partial charge in [0.15, 0.2) is 0 Å². The van der Waals surface area contributed by atoms with Crippen molar-refractivity contribution in [2.45, 2.75) is 25.8 Å². The Morgan fingerprint density at radius 1 is 1.77 bits per heavy atom. The molecule has 5 nitrogen and oxygen atoms in total. The third-order valence-corrected chi connectivity index (χ3v) is 2.00. The quantitative estimate of drug-likeness (QED) is 0.746. The number of nitrogens with zero attached hydrogens (tertiary/aromatic N) is 2. The minimum atomic E-state index is -0.370. The van der Waals surface area contributed by atoms with Gasteiger partial charge in [-0.3, -0.25) is 4.79 Å². The van der Waals surface area contributed by atoms with Crippen molar-refractivity contribution in [2.75, 3.05) is 5.32 Å². The van der Waals surface area contributed by atoms with Crippen LogP contribution in [0.15, 0.2) is 6.33 Å². The first-order valence-electron chi connectivity index (χ1n) is 3.83. The molecule has 1 rings (SSSR count). The van der Waals surface area contributed by atoms with Gasteiger partial charge in [0, 0.05) is 23.5 Å². The predicted molar refractivity (Wildman–Crippen MR) is 51.4 cm³/mol. The molecule has 1 aromatic heterocycles.